The Hall–Kier alpha value is -1.08. The van der Waals surface area contributed by atoms with E-state index in [1.54, 1.807) is 17.0 Å². The second-order valence-corrected chi connectivity index (χ2v) is 9.80. The Balaban J connectivity index is 1.92. The van der Waals surface area contributed by atoms with E-state index in [0.29, 0.717) is 23.6 Å². The van der Waals surface area contributed by atoms with Gasteiger partial charge in [0.15, 0.2) is 9.84 Å². The van der Waals surface area contributed by atoms with Crippen LogP contribution in [0.25, 0.3) is 0 Å². The van der Waals surface area contributed by atoms with Crippen LogP contribution in [0.4, 0.5) is 0 Å². The van der Waals surface area contributed by atoms with Crippen molar-refractivity contribution in [1.29, 1.82) is 0 Å². The van der Waals surface area contributed by atoms with E-state index in [2.05, 4.69) is 0 Å². The number of hydrogen-bond acceptors (Lipinski definition) is 4. The molecule has 8 heteroatoms. The second-order valence-electron chi connectivity index (χ2n) is 5.69. The van der Waals surface area contributed by atoms with Crippen LogP contribution >= 0.6 is 34.5 Å². The molecule has 2 heterocycles. The SMILES string of the molecule is O=C(c1ccc(Cl)cc1Cl)N(Cc1cccs1)C1CCS(=O)(=O)C1. The van der Waals surface area contributed by atoms with Gasteiger partial charge in [-0.15, -0.1) is 11.3 Å². The molecule has 0 bridgehead atoms. The molecular weight excluding hydrogens is 389 g/mol. The summed E-state index contributed by atoms with van der Waals surface area (Å²) in [4.78, 5) is 15.6. The van der Waals surface area contributed by atoms with Gasteiger partial charge in [-0.1, -0.05) is 29.3 Å². The van der Waals surface area contributed by atoms with Gasteiger partial charge in [0.25, 0.3) is 5.91 Å². The fraction of sp³-hybridized carbons (Fsp3) is 0.312. The molecule has 128 valence electrons. The average Bonchev–Trinajstić information content (AvgIpc) is 3.13. The van der Waals surface area contributed by atoms with Crippen LogP contribution in [0.1, 0.15) is 21.7 Å². The first-order chi connectivity index (χ1) is 11.4. The maximum absolute atomic E-state index is 13.0. The molecule has 1 amide bonds. The van der Waals surface area contributed by atoms with Crippen LogP contribution < -0.4 is 0 Å². The molecule has 1 unspecified atom stereocenters. The molecule has 1 aromatic heterocycles. The van der Waals surface area contributed by atoms with Crippen molar-refractivity contribution in [3.05, 3.63) is 56.2 Å². The first kappa shape index (κ1) is 17.7. The van der Waals surface area contributed by atoms with Gasteiger partial charge in [-0.25, -0.2) is 8.42 Å². The molecule has 0 saturated carbocycles. The topological polar surface area (TPSA) is 54.5 Å². The number of hydrogen-bond donors (Lipinski definition) is 0. The van der Waals surface area contributed by atoms with Gasteiger partial charge in [-0.3, -0.25) is 4.79 Å². The van der Waals surface area contributed by atoms with E-state index >= 15 is 0 Å². The first-order valence-corrected chi connectivity index (χ1v) is 10.8. The minimum atomic E-state index is -3.10. The quantitative estimate of drug-likeness (QED) is 0.777. The zero-order valence-electron chi connectivity index (χ0n) is 12.6. The van der Waals surface area contributed by atoms with E-state index in [-0.39, 0.29) is 28.5 Å². The third-order valence-corrected chi connectivity index (χ3v) is 7.14. The molecule has 1 aliphatic heterocycles. The summed E-state index contributed by atoms with van der Waals surface area (Å²) in [6.45, 7) is 0.371. The molecule has 4 nitrogen and oxygen atoms in total. The Morgan fingerprint density at radius 3 is 2.67 bits per heavy atom. The first-order valence-electron chi connectivity index (χ1n) is 7.34. The van der Waals surface area contributed by atoms with Crippen LogP contribution in [0.3, 0.4) is 0 Å². The summed E-state index contributed by atoms with van der Waals surface area (Å²) in [5.41, 5.74) is 0.335. The van der Waals surface area contributed by atoms with Crippen molar-refractivity contribution in [1.82, 2.24) is 4.90 Å². The summed E-state index contributed by atoms with van der Waals surface area (Å²) in [5.74, 6) is -0.164. The molecule has 1 aromatic carbocycles. The summed E-state index contributed by atoms with van der Waals surface area (Å²) >= 11 is 13.6. The Kier molecular flexibility index (Phi) is 5.20. The summed E-state index contributed by atoms with van der Waals surface area (Å²) in [6, 6.07) is 8.20. The molecule has 1 fully saturated rings. The van der Waals surface area contributed by atoms with Gasteiger partial charge < -0.3 is 4.90 Å². The highest BCUT2D eigenvalue weighted by molar-refractivity contribution is 7.91. The lowest BCUT2D eigenvalue weighted by molar-refractivity contribution is 0.0683. The Labute approximate surface area is 154 Å². The molecule has 1 saturated heterocycles. The summed E-state index contributed by atoms with van der Waals surface area (Å²) in [6.07, 6.45) is 0.449. The predicted octanol–water partition coefficient (Wildman–Crippen LogP) is 3.88. The lowest BCUT2D eigenvalue weighted by Crippen LogP contribution is -2.40. The van der Waals surface area contributed by atoms with Crippen molar-refractivity contribution in [2.75, 3.05) is 11.5 Å². The number of benzene rings is 1. The van der Waals surface area contributed by atoms with E-state index in [9.17, 15) is 13.2 Å². The molecule has 3 rings (SSSR count). The van der Waals surface area contributed by atoms with Crippen molar-refractivity contribution in [2.45, 2.75) is 19.0 Å². The van der Waals surface area contributed by atoms with Crippen molar-refractivity contribution < 1.29 is 13.2 Å². The van der Waals surface area contributed by atoms with Crippen LogP contribution in [0, 0.1) is 0 Å². The second kappa shape index (κ2) is 7.04. The third-order valence-electron chi connectivity index (χ3n) is 3.98. The number of thiophene rings is 1. The number of nitrogens with zero attached hydrogens (tertiary/aromatic N) is 1. The number of amides is 1. The molecule has 0 spiro atoms. The van der Waals surface area contributed by atoms with Gasteiger partial charge in [0, 0.05) is 15.9 Å². The van der Waals surface area contributed by atoms with Gasteiger partial charge >= 0.3 is 0 Å². The molecule has 1 atom stereocenters. The molecule has 1 aliphatic rings. The molecule has 0 aliphatic carbocycles. The highest BCUT2D eigenvalue weighted by atomic mass is 35.5. The Morgan fingerprint density at radius 1 is 1.29 bits per heavy atom. The lowest BCUT2D eigenvalue weighted by Gasteiger charge is -2.28. The fourth-order valence-corrected chi connectivity index (χ4v) is 5.70. The molecule has 0 radical (unpaired) electrons. The maximum atomic E-state index is 13.0. The van der Waals surface area contributed by atoms with Crippen molar-refractivity contribution >= 4 is 50.3 Å². The van der Waals surface area contributed by atoms with Gasteiger partial charge in [0.2, 0.25) is 0 Å². The maximum Gasteiger partial charge on any atom is 0.255 e. The highest BCUT2D eigenvalue weighted by Gasteiger charge is 2.35. The lowest BCUT2D eigenvalue weighted by atomic mass is 10.1. The van der Waals surface area contributed by atoms with E-state index in [1.807, 2.05) is 17.5 Å². The zero-order chi connectivity index (χ0) is 17.3. The van der Waals surface area contributed by atoms with E-state index in [1.165, 1.54) is 17.4 Å². The van der Waals surface area contributed by atoms with Crippen LogP contribution in [-0.2, 0) is 16.4 Å². The summed E-state index contributed by atoms with van der Waals surface area (Å²) < 4.78 is 23.7. The number of rotatable bonds is 4. The van der Waals surface area contributed by atoms with Gasteiger partial charge in [-0.2, -0.15) is 0 Å². The fourth-order valence-electron chi connectivity index (χ4n) is 2.78. The van der Waals surface area contributed by atoms with Gasteiger partial charge in [0.1, 0.15) is 0 Å². The van der Waals surface area contributed by atoms with E-state index < -0.39 is 9.84 Å². The van der Waals surface area contributed by atoms with Crippen molar-refractivity contribution in [3.8, 4) is 0 Å². The smallest absolute Gasteiger partial charge is 0.255 e. The average molecular weight is 404 g/mol. The molecular formula is C16H15Cl2NO3S2. The predicted molar refractivity (Wildman–Crippen MR) is 97.7 cm³/mol. The Bertz CT molecular complexity index is 850. The zero-order valence-corrected chi connectivity index (χ0v) is 15.8. The van der Waals surface area contributed by atoms with Crippen LogP contribution in [0.5, 0.6) is 0 Å². The largest absolute Gasteiger partial charge is 0.329 e. The third kappa shape index (κ3) is 3.94. The minimum Gasteiger partial charge on any atom is -0.329 e. The summed E-state index contributed by atoms with van der Waals surface area (Å²) in [7, 11) is -3.10. The highest BCUT2D eigenvalue weighted by Crippen LogP contribution is 2.27. The molecule has 2 aromatic rings. The monoisotopic (exact) mass is 403 g/mol. The standard InChI is InChI=1S/C16H15Cl2NO3S2/c17-11-3-4-14(15(18)8-11)16(20)19(9-13-2-1-6-23-13)12-5-7-24(21,22)10-12/h1-4,6,8,12H,5,7,9-10H2. The van der Waals surface area contributed by atoms with Crippen LogP contribution in [-0.4, -0.2) is 36.8 Å². The number of halogens is 2. The van der Waals surface area contributed by atoms with E-state index in [4.69, 9.17) is 23.2 Å². The van der Waals surface area contributed by atoms with Gasteiger partial charge in [-0.05, 0) is 36.1 Å². The number of sulfone groups is 1. The summed E-state index contributed by atoms with van der Waals surface area (Å²) in [5, 5.41) is 2.65. The van der Waals surface area contributed by atoms with Crippen molar-refractivity contribution in [3.63, 3.8) is 0 Å². The minimum absolute atomic E-state index is 0.00464. The number of carbonyl (C=O) groups is 1. The Morgan fingerprint density at radius 2 is 2.08 bits per heavy atom. The molecule has 0 N–H and O–H groups in total. The normalized spacial score (nSPS) is 19.3. The van der Waals surface area contributed by atoms with Crippen LogP contribution in [0.15, 0.2) is 35.7 Å². The number of carbonyl (C=O) groups excluding carboxylic acids is 1. The molecule has 24 heavy (non-hydrogen) atoms. The van der Waals surface area contributed by atoms with E-state index in [0.717, 1.165) is 4.88 Å². The van der Waals surface area contributed by atoms with Gasteiger partial charge in [0.05, 0.1) is 28.6 Å². The van der Waals surface area contributed by atoms with Crippen LogP contribution in [0.2, 0.25) is 10.0 Å². The van der Waals surface area contributed by atoms with Crippen molar-refractivity contribution in [2.24, 2.45) is 0 Å².